The van der Waals surface area contributed by atoms with Crippen molar-refractivity contribution >= 4 is 76.5 Å². The normalized spacial score (nSPS) is 15.4. The van der Waals surface area contributed by atoms with Gasteiger partial charge in [0.15, 0.2) is 0 Å². The number of nitrogens with zero attached hydrogens (tertiary/aromatic N) is 4. The van der Waals surface area contributed by atoms with E-state index in [1.165, 1.54) is 12.1 Å². The van der Waals surface area contributed by atoms with Crippen molar-refractivity contribution in [3.8, 4) is 28.4 Å². The summed E-state index contributed by atoms with van der Waals surface area (Å²) in [5.41, 5.74) is 2.89. The third kappa shape index (κ3) is 7.92. The second kappa shape index (κ2) is 17.5. The van der Waals surface area contributed by atoms with Crippen molar-refractivity contribution in [1.82, 2.24) is 14.1 Å². The summed E-state index contributed by atoms with van der Waals surface area (Å²) in [5, 5.41) is 7.59. The fourth-order valence-corrected chi connectivity index (χ4v) is 10.2. The van der Waals surface area contributed by atoms with E-state index in [4.69, 9.17) is 23.4 Å². The zero-order valence-electron chi connectivity index (χ0n) is 49.8. The van der Waals surface area contributed by atoms with Crippen LogP contribution in [0.2, 0.25) is 0 Å². The molecule has 0 radical (unpaired) electrons. The Morgan fingerprint density at radius 1 is 0.592 bits per heavy atom. The molecule has 4 heterocycles. The molecule has 12 rings (SSSR count). The predicted octanol–water partition coefficient (Wildman–Crippen LogP) is 17.6. The van der Waals surface area contributed by atoms with Crippen LogP contribution in [0.15, 0.2) is 176 Å². The fourth-order valence-electron chi connectivity index (χ4n) is 10.2. The second-order valence-electron chi connectivity index (χ2n) is 19.5. The van der Waals surface area contributed by atoms with E-state index in [1.807, 2.05) is 163 Å². The summed E-state index contributed by atoms with van der Waals surface area (Å²) in [4.78, 5) is 6.83. The van der Waals surface area contributed by atoms with E-state index in [1.54, 1.807) is 6.20 Å². The Bertz CT molecular complexity index is 4350. The summed E-state index contributed by atoms with van der Waals surface area (Å²) in [7, 11) is 0. The quantitative estimate of drug-likeness (QED) is 0.156. The number of pyridine rings is 1. The van der Waals surface area contributed by atoms with E-state index >= 15 is 0 Å². The summed E-state index contributed by atoms with van der Waals surface area (Å²) in [6.45, 7) is 1.08. The van der Waals surface area contributed by atoms with Gasteiger partial charge in [0.2, 0.25) is 0 Å². The molecule has 1 aliphatic heterocycles. The first-order valence-corrected chi connectivity index (χ1v) is 23.5. The van der Waals surface area contributed by atoms with E-state index in [-0.39, 0.29) is 26.6 Å². The van der Waals surface area contributed by atoms with E-state index in [0.717, 1.165) is 70.9 Å². The zero-order chi connectivity index (χ0) is 56.5. The minimum atomic E-state index is -3.48. The van der Waals surface area contributed by atoms with Crippen molar-refractivity contribution in [2.75, 3.05) is 4.90 Å². The van der Waals surface area contributed by atoms with Gasteiger partial charge in [-0.1, -0.05) is 182 Å². The summed E-state index contributed by atoms with van der Waals surface area (Å²) in [6.07, 6.45) is 1.74. The molecule has 3 aromatic heterocycles. The largest absolute Gasteiger partial charge is 0.509 e. The number of aromatic nitrogens is 3. The first-order chi connectivity index (χ1) is 37.8. The molecule has 8 aromatic carbocycles. The maximum absolute atomic E-state index is 8.78. The van der Waals surface area contributed by atoms with Crippen molar-refractivity contribution in [2.45, 2.75) is 71.9 Å². The van der Waals surface area contributed by atoms with Crippen molar-refractivity contribution in [3.63, 3.8) is 0 Å². The molecule has 6 heteroatoms. The number of benzene rings is 8. The van der Waals surface area contributed by atoms with E-state index in [2.05, 4.69) is 62.6 Å². The first-order valence-electron chi connectivity index (χ1n) is 28.5. The van der Waals surface area contributed by atoms with Gasteiger partial charge in [0.25, 0.3) is 0 Å². The smallest absolute Gasteiger partial charge is 0.135 e. The topological polar surface area (TPSA) is 35.2 Å². The van der Waals surface area contributed by atoms with Gasteiger partial charge in [-0.2, -0.15) is 12.1 Å². The van der Waals surface area contributed by atoms with Crippen LogP contribution >= 0.6 is 0 Å². The molecule has 0 saturated carbocycles. The van der Waals surface area contributed by atoms with Crippen LogP contribution < -0.4 is 9.64 Å². The Hall–Kier alpha value is -7.33. The van der Waals surface area contributed by atoms with Gasteiger partial charge in [-0.3, -0.25) is 0 Å². The fraction of sp³-hybridized carbons (Fsp3) is 0.169. The molecule has 0 amide bonds. The number of ether oxygens (including phenoxy) is 1. The summed E-state index contributed by atoms with van der Waals surface area (Å²) in [6, 6.07) is 62.1. The van der Waals surface area contributed by atoms with Crippen LogP contribution in [0.4, 0.5) is 11.4 Å². The standard InChI is InChI=1S/C65H55N4O.Pt/c1-41(2)42-32-33-66-61(36-42)69-58-28-14-13-24-54(58)55-31-30-48(39-60(55)69)70-47-19-15-18-46(38-47)67-40-68-62-49(43-34-44(64(3,4)5)37-45(35-43)65(6,7)8)25-16-26-56(62)52-22-11-9-20-50(52)51-21-10-12-23-53(51)57-27-17-29-59(67)63(57)68;/h9-37,40-41H,1-8H3;/q-3;/i3D3,4D3,5D3,41D;. The SMILES string of the molecule is [2H]C(C)(C)c1ccnc(-n2c3[c-]c(Oc4[c-]c(N5[CH-]n6c7c(-c8cc(C(C)(C)C)cc(C(C([2H])([2H])[2H])(C([2H])([2H])[2H])C([2H])([2H])[2H])c8)cccc7c7ccccc7c7ccccc7c7cccc5c76)ccc4)ccc3c3ccccc32)c1.[Pt]. The number of anilines is 2. The van der Waals surface area contributed by atoms with Crippen molar-refractivity contribution in [3.05, 3.63) is 212 Å². The zero-order valence-corrected chi connectivity index (χ0v) is 42.1. The molecular weight excluding hydrogens is 1050 g/mol. The predicted molar refractivity (Wildman–Crippen MR) is 294 cm³/mol. The molecule has 1 aliphatic rings. The van der Waals surface area contributed by atoms with Gasteiger partial charge >= 0.3 is 0 Å². The van der Waals surface area contributed by atoms with Crippen LogP contribution in [0.25, 0.3) is 82.1 Å². The van der Waals surface area contributed by atoms with Crippen molar-refractivity contribution < 1.29 is 39.5 Å². The summed E-state index contributed by atoms with van der Waals surface area (Å²) in [5.74, 6) is 0.698. The molecule has 0 unspecified atom stereocenters. The third-order valence-corrected chi connectivity index (χ3v) is 13.6. The van der Waals surface area contributed by atoms with Crippen LogP contribution in [0.1, 0.15) is 91.5 Å². The Labute approximate surface area is 445 Å². The van der Waals surface area contributed by atoms with Gasteiger partial charge in [-0.15, -0.1) is 35.7 Å². The summed E-state index contributed by atoms with van der Waals surface area (Å²) < 4.78 is 98.7. The first kappa shape index (κ1) is 35.7. The van der Waals surface area contributed by atoms with Crippen LogP contribution in [0.5, 0.6) is 11.5 Å². The Balaban J connectivity index is 0.00000690. The van der Waals surface area contributed by atoms with Gasteiger partial charge in [0, 0.05) is 63.7 Å². The van der Waals surface area contributed by atoms with Gasteiger partial charge in [-0.05, 0) is 124 Å². The molecule has 71 heavy (non-hydrogen) atoms. The minimum Gasteiger partial charge on any atom is -0.509 e. The number of fused-ring (bicyclic) bond motifs is 10. The van der Waals surface area contributed by atoms with Gasteiger partial charge < -0.3 is 18.8 Å². The second-order valence-corrected chi connectivity index (χ2v) is 19.5. The molecule has 5 nitrogen and oxygen atoms in total. The van der Waals surface area contributed by atoms with Crippen LogP contribution in [0, 0.1) is 18.8 Å². The Morgan fingerprint density at radius 3 is 1.89 bits per heavy atom. The summed E-state index contributed by atoms with van der Waals surface area (Å²) >= 11 is 0. The number of rotatable bonds is 6. The number of para-hydroxylation sites is 3. The maximum atomic E-state index is 8.78. The van der Waals surface area contributed by atoms with Crippen molar-refractivity contribution in [2.24, 2.45) is 0 Å². The van der Waals surface area contributed by atoms with Gasteiger partial charge in [-0.25, -0.2) is 4.98 Å². The van der Waals surface area contributed by atoms with Crippen LogP contribution in [0.3, 0.4) is 0 Å². The van der Waals surface area contributed by atoms with Crippen LogP contribution in [-0.4, -0.2) is 14.1 Å². The number of hydrogen-bond acceptors (Lipinski definition) is 3. The molecule has 0 atom stereocenters. The minimum absolute atomic E-state index is 0. The van der Waals surface area contributed by atoms with E-state index in [9.17, 15) is 0 Å². The third-order valence-electron chi connectivity index (χ3n) is 13.6. The molecule has 0 spiro atoms. The van der Waals surface area contributed by atoms with Gasteiger partial charge in [0.05, 0.1) is 0 Å². The molecule has 11 aromatic rings. The van der Waals surface area contributed by atoms with Gasteiger partial charge in [0.1, 0.15) is 5.82 Å². The maximum Gasteiger partial charge on any atom is 0.135 e. The van der Waals surface area contributed by atoms with E-state index in [0.29, 0.717) is 45.2 Å². The molecular formula is C65H55N4OPt-3. The average molecular weight is 1110 g/mol. The Kier molecular flexibility index (Phi) is 8.81. The molecule has 354 valence electrons. The molecule has 0 fully saturated rings. The molecule has 0 bridgehead atoms. The molecule has 0 N–H and O–H groups in total. The van der Waals surface area contributed by atoms with E-state index < -0.39 is 37.3 Å². The van der Waals surface area contributed by atoms with Crippen molar-refractivity contribution in [1.29, 1.82) is 0 Å². The Morgan fingerprint density at radius 2 is 1.20 bits per heavy atom. The van der Waals surface area contributed by atoms with Crippen LogP contribution in [-0.2, 0) is 31.9 Å². The molecule has 0 aliphatic carbocycles. The number of hydrogen-bond donors (Lipinski definition) is 0. The molecule has 0 saturated heterocycles. The average Bonchev–Trinajstić information content (AvgIpc) is 4.18. The monoisotopic (exact) mass is 1110 g/mol.